The molecule has 4 aromatic carbocycles. The topological polar surface area (TPSA) is 40.5 Å². The van der Waals surface area contributed by atoms with Gasteiger partial charge in [-0.15, -0.1) is 11.3 Å². The number of fused-ring (bicyclic) bond motifs is 2. The van der Waals surface area contributed by atoms with Crippen LogP contribution in [-0.2, 0) is 0 Å². The highest BCUT2D eigenvalue weighted by Crippen LogP contribution is 2.45. The molecule has 0 aliphatic heterocycles. The van der Waals surface area contributed by atoms with Crippen molar-refractivity contribution in [2.75, 3.05) is 0 Å². The zero-order valence-corrected chi connectivity index (χ0v) is 15.2. The van der Waals surface area contributed by atoms with Gasteiger partial charge in [-0.3, -0.25) is 0 Å². The summed E-state index contributed by atoms with van der Waals surface area (Å²) in [6, 6.07) is 25.5. The van der Waals surface area contributed by atoms with Crippen LogP contribution in [-0.4, -0.2) is 10.2 Å². The van der Waals surface area contributed by atoms with Crippen molar-refractivity contribution in [2.24, 2.45) is 0 Å². The number of benzene rings is 4. The predicted octanol–water partition coefficient (Wildman–Crippen LogP) is 6.80. The van der Waals surface area contributed by atoms with Gasteiger partial charge in [0.15, 0.2) is 0 Å². The molecule has 0 amide bonds. The van der Waals surface area contributed by atoms with Crippen molar-refractivity contribution in [1.82, 2.24) is 0 Å². The molecule has 3 heteroatoms. The molecule has 0 bridgehead atoms. The first kappa shape index (κ1) is 15.9. The molecule has 2 nitrogen and oxygen atoms in total. The van der Waals surface area contributed by atoms with Gasteiger partial charge in [0.2, 0.25) is 0 Å². The van der Waals surface area contributed by atoms with E-state index in [4.69, 9.17) is 0 Å². The smallest absolute Gasteiger partial charge is 0.124 e. The van der Waals surface area contributed by atoms with E-state index >= 15 is 0 Å². The Labute approximate surface area is 160 Å². The van der Waals surface area contributed by atoms with Crippen LogP contribution in [0.15, 0.2) is 84.2 Å². The molecular formula is C24H16O2S. The Morgan fingerprint density at radius 2 is 1.30 bits per heavy atom. The molecule has 27 heavy (non-hydrogen) atoms. The summed E-state index contributed by atoms with van der Waals surface area (Å²) < 4.78 is 0. The molecule has 0 saturated carbocycles. The van der Waals surface area contributed by atoms with E-state index in [1.807, 2.05) is 48.5 Å². The Morgan fingerprint density at radius 3 is 2.04 bits per heavy atom. The van der Waals surface area contributed by atoms with Crippen LogP contribution in [0.3, 0.4) is 0 Å². The van der Waals surface area contributed by atoms with Crippen LogP contribution in [0.2, 0.25) is 0 Å². The van der Waals surface area contributed by atoms with E-state index in [-0.39, 0.29) is 11.5 Å². The molecule has 0 aliphatic rings. The monoisotopic (exact) mass is 368 g/mol. The first-order valence-corrected chi connectivity index (χ1v) is 9.61. The molecular weight excluding hydrogens is 352 g/mol. The van der Waals surface area contributed by atoms with Crippen LogP contribution in [0, 0.1) is 0 Å². The average Bonchev–Trinajstić information content (AvgIpc) is 3.23. The van der Waals surface area contributed by atoms with Crippen molar-refractivity contribution >= 4 is 32.9 Å². The fourth-order valence-corrected chi connectivity index (χ4v) is 4.42. The standard InChI is InChI=1S/C24H16O2S/c25-20-11-8-15-4-1-2-5-18(15)23(20)24-19-10-7-17(22-6-3-13-27-22)14-16(19)9-12-21(24)26/h1-14,25-26H. The third-order valence-electron chi connectivity index (χ3n) is 4.96. The summed E-state index contributed by atoms with van der Waals surface area (Å²) in [7, 11) is 0. The van der Waals surface area contributed by atoms with E-state index in [2.05, 4.69) is 23.6 Å². The van der Waals surface area contributed by atoms with Crippen LogP contribution in [0.25, 0.3) is 43.1 Å². The summed E-state index contributed by atoms with van der Waals surface area (Å²) in [6.45, 7) is 0. The molecule has 0 aliphatic carbocycles. The number of hydrogen-bond acceptors (Lipinski definition) is 3. The molecule has 0 atom stereocenters. The van der Waals surface area contributed by atoms with Gasteiger partial charge in [0, 0.05) is 16.0 Å². The number of phenols is 2. The van der Waals surface area contributed by atoms with E-state index in [1.165, 1.54) is 4.88 Å². The lowest BCUT2D eigenvalue weighted by Crippen LogP contribution is -1.87. The zero-order chi connectivity index (χ0) is 18.4. The van der Waals surface area contributed by atoms with Crippen LogP contribution in [0.5, 0.6) is 11.5 Å². The second kappa shape index (κ2) is 6.15. The number of aromatic hydroxyl groups is 2. The minimum Gasteiger partial charge on any atom is -0.507 e. The minimum absolute atomic E-state index is 0.165. The number of phenolic OH excluding ortho intramolecular Hbond substituents is 2. The first-order valence-electron chi connectivity index (χ1n) is 8.73. The maximum Gasteiger partial charge on any atom is 0.124 e. The van der Waals surface area contributed by atoms with Crippen LogP contribution in [0.4, 0.5) is 0 Å². The van der Waals surface area contributed by atoms with Crippen molar-refractivity contribution in [2.45, 2.75) is 0 Å². The van der Waals surface area contributed by atoms with Crippen molar-refractivity contribution in [3.8, 4) is 33.1 Å². The Bertz CT molecular complexity index is 1290. The second-order valence-electron chi connectivity index (χ2n) is 6.55. The summed E-state index contributed by atoms with van der Waals surface area (Å²) in [5.74, 6) is 0.330. The van der Waals surface area contributed by atoms with Crippen molar-refractivity contribution in [1.29, 1.82) is 0 Å². The van der Waals surface area contributed by atoms with Crippen LogP contribution in [0.1, 0.15) is 0 Å². The Hall–Kier alpha value is -3.30. The fourth-order valence-electron chi connectivity index (χ4n) is 3.70. The molecule has 5 aromatic rings. The van der Waals surface area contributed by atoms with Crippen molar-refractivity contribution in [3.63, 3.8) is 0 Å². The van der Waals surface area contributed by atoms with Gasteiger partial charge in [-0.05, 0) is 56.8 Å². The molecule has 0 saturated heterocycles. The SMILES string of the molecule is Oc1ccc2ccccc2c1-c1c(O)ccc2cc(-c3cccs3)ccc12. The lowest BCUT2D eigenvalue weighted by molar-refractivity contribution is 0.470. The molecule has 0 fully saturated rings. The van der Waals surface area contributed by atoms with Gasteiger partial charge in [-0.2, -0.15) is 0 Å². The number of hydrogen-bond donors (Lipinski definition) is 2. The molecule has 0 unspecified atom stereocenters. The van der Waals surface area contributed by atoms with Gasteiger partial charge < -0.3 is 10.2 Å². The maximum atomic E-state index is 10.7. The fraction of sp³-hybridized carbons (Fsp3) is 0. The highest BCUT2D eigenvalue weighted by molar-refractivity contribution is 7.13. The highest BCUT2D eigenvalue weighted by atomic mass is 32.1. The first-order chi connectivity index (χ1) is 13.2. The molecule has 130 valence electrons. The normalized spacial score (nSPS) is 11.3. The van der Waals surface area contributed by atoms with E-state index < -0.39 is 0 Å². The van der Waals surface area contributed by atoms with E-state index in [9.17, 15) is 10.2 Å². The van der Waals surface area contributed by atoms with Gasteiger partial charge in [-0.25, -0.2) is 0 Å². The Kier molecular flexibility index (Phi) is 3.62. The van der Waals surface area contributed by atoms with Crippen LogP contribution >= 0.6 is 11.3 Å². The van der Waals surface area contributed by atoms with Crippen LogP contribution < -0.4 is 0 Å². The molecule has 1 heterocycles. The van der Waals surface area contributed by atoms with Gasteiger partial charge in [0.25, 0.3) is 0 Å². The maximum absolute atomic E-state index is 10.7. The van der Waals surface area contributed by atoms with E-state index in [1.54, 1.807) is 23.5 Å². The molecule has 0 spiro atoms. The van der Waals surface area contributed by atoms with Gasteiger partial charge in [0.1, 0.15) is 11.5 Å². The Balaban J connectivity index is 1.84. The van der Waals surface area contributed by atoms with E-state index in [0.717, 1.165) is 27.1 Å². The zero-order valence-electron chi connectivity index (χ0n) is 14.4. The summed E-state index contributed by atoms with van der Waals surface area (Å²) in [5.41, 5.74) is 2.48. The van der Waals surface area contributed by atoms with Gasteiger partial charge in [0.05, 0.1) is 0 Å². The highest BCUT2D eigenvalue weighted by Gasteiger charge is 2.17. The quantitative estimate of drug-likeness (QED) is 0.360. The molecule has 1 aromatic heterocycles. The van der Waals surface area contributed by atoms with E-state index in [0.29, 0.717) is 11.1 Å². The van der Waals surface area contributed by atoms with Crippen molar-refractivity contribution in [3.05, 3.63) is 84.2 Å². The summed E-state index contributed by atoms with van der Waals surface area (Å²) in [4.78, 5) is 1.21. The lowest BCUT2D eigenvalue weighted by Gasteiger charge is -2.14. The largest absolute Gasteiger partial charge is 0.507 e. The summed E-state index contributed by atoms with van der Waals surface area (Å²) in [5, 5.41) is 27.3. The van der Waals surface area contributed by atoms with Gasteiger partial charge in [-0.1, -0.05) is 54.6 Å². The molecule has 2 N–H and O–H groups in total. The summed E-state index contributed by atoms with van der Waals surface area (Å²) >= 11 is 1.70. The predicted molar refractivity (Wildman–Crippen MR) is 114 cm³/mol. The lowest BCUT2D eigenvalue weighted by atomic mass is 9.91. The average molecular weight is 368 g/mol. The number of rotatable bonds is 2. The third-order valence-corrected chi connectivity index (χ3v) is 5.88. The van der Waals surface area contributed by atoms with Crippen molar-refractivity contribution < 1.29 is 10.2 Å². The number of thiophene rings is 1. The molecule has 5 rings (SSSR count). The molecule has 0 radical (unpaired) electrons. The Morgan fingerprint density at radius 1 is 0.593 bits per heavy atom. The van der Waals surface area contributed by atoms with Gasteiger partial charge >= 0.3 is 0 Å². The summed E-state index contributed by atoms with van der Waals surface area (Å²) in [6.07, 6.45) is 0. The second-order valence-corrected chi connectivity index (χ2v) is 7.50. The minimum atomic E-state index is 0.165. The third kappa shape index (κ3) is 2.56.